The molecule has 2 aromatic rings. The second-order valence-corrected chi connectivity index (χ2v) is 4.53. The average Bonchev–Trinajstić information content (AvgIpc) is 2.53. The predicted octanol–water partition coefficient (Wildman–Crippen LogP) is 5.64. The minimum absolute atomic E-state index is 1.07. The maximum absolute atomic E-state index is 2.17. The lowest BCUT2D eigenvalue weighted by atomic mass is 9.97. The highest BCUT2D eigenvalue weighted by Crippen LogP contribution is 2.23. The van der Waals surface area contributed by atoms with Crippen LogP contribution in [0.1, 0.15) is 24.5 Å². The van der Waals surface area contributed by atoms with Crippen molar-refractivity contribution >= 4 is 5.57 Å². The molecule has 20 heavy (non-hydrogen) atoms. The Morgan fingerprint density at radius 2 is 1.30 bits per heavy atom. The lowest BCUT2D eigenvalue weighted by Gasteiger charge is -2.07. The van der Waals surface area contributed by atoms with Crippen molar-refractivity contribution in [1.82, 2.24) is 0 Å². The molecule has 0 fully saturated rings. The molecular weight excluding hydrogens is 240 g/mol. The fourth-order valence-corrected chi connectivity index (χ4v) is 2.03. The Labute approximate surface area is 121 Å². The summed E-state index contributed by atoms with van der Waals surface area (Å²) in [6.45, 7) is 2.14. The third-order valence-electron chi connectivity index (χ3n) is 3.03. The summed E-state index contributed by atoms with van der Waals surface area (Å²) in [5, 5.41) is 0. The van der Waals surface area contributed by atoms with Crippen LogP contribution >= 0.6 is 0 Å². The number of rotatable bonds is 5. The highest BCUT2D eigenvalue weighted by molar-refractivity contribution is 5.80. The zero-order valence-electron chi connectivity index (χ0n) is 11.9. The second-order valence-electron chi connectivity index (χ2n) is 4.53. The summed E-state index contributed by atoms with van der Waals surface area (Å²) < 4.78 is 0. The third kappa shape index (κ3) is 4.10. The Kier molecular flexibility index (Phi) is 5.60. The van der Waals surface area contributed by atoms with Gasteiger partial charge in [-0.05, 0) is 23.1 Å². The van der Waals surface area contributed by atoms with Crippen molar-refractivity contribution in [2.24, 2.45) is 0 Å². The van der Waals surface area contributed by atoms with Crippen LogP contribution in [-0.2, 0) is 0 Å². The highest BCUT2D eigenvalue weighted by Gasteiger charge is 2.02. The number of hydrogen-bond donors (Lipinski definition) is 0. The summed E-state index contributed by atoms with van der Waals surface area (Å²) in [5.74, 6) is 0. The van der Waals surface area contributed by atoms with E-state index in [1.807, 2.05) is 12.1 Å². The van der Waals surface area contributed by atoms with Crippen LogP contribution in [0.25, 0.3) is 5.57 Å². The lowest BCUT2D eigenvalue weighted by Crippen LogP contribution is -1.86. The van der Waals surface area contributed by atoms with E-state index >= 15 is 0 Å². The van der Waals surface area contributed by atoms with E-state index in [-0.39, 0.29) is 0 Å². The van der Waals surface area contributed by atoms with Gasteiger partial charge in [0.15, 0.2) is 0 Å². The first kappa shape index (κ1) is 14.1. The van der Waals surface area contributed by atoms with Crippen molar-refractivity contribution in [3.05, 3.63) is 102 Å². The van der Waals surface area contributed by atoms with Crippen LogP contribution in [0, 0.1) is 0 Å². The quantitative estimate of drug-likeness (QED) is 0.610. The van der Waals surface area contributed by atoms with Crippen molar-refractivity contribution in [3.63, 3.8) is 0 Å². The van der Waals surface area contributed by atoms with Gasteiger partial charge in [0.1, 0.15) is 0 Å². The monoisotopic (exact) mass is 260 g/mol. The van der Waals surface area contributed by atoms with Crippen LogP contribution in [0.2, 0.25) is 0 Å². The topological polar surface area (TPSA) is 0 Å². The zero-order chi connectivity index (χ0) is 14.0. The molecule has 0 amide bonds. The molecule has 0 aliphatic rings. The Balaban J connectivity index is 2.33. The molecule has 0 nitrogen and oxygen atoms in total. The third-order valence-corrected chi connectivity index (χ3v) is 3.03. The fourth-order valence-electron chi connectivity index (χ4n) is 2.03. The summed E-state index contributed by atoms with van der Waals surface area (Å²) in [6.07, 6.45) is 11.7. The van der Waals surface area contributed by atoms with Crippen LogP contribution < -0.4 is 0 Å². The largest absolute Gasteiger partial charge is 0.0848 e. The molecule has 0 unspecified atom stereocenters. The lowest BCUT2D eigenvalue weighted by molar-refractivity contribution is 1.22. The molecule has 0 atom stereocenters. The molecule has 0 spiro atoms. The molecule has 0 radical (unpaired) electrons. The van der Waals surface area contributed by atoms with Gasteiger partial charge in [-0.3, -0.25) is 0 Å². The summed E-state index contributed by atoms with van der Waals surface area (Å²) in [5.41, 5.74) is 3.72. The molecule has 0 heteroatoms. The Morgan fingerprint density at radius 1 is 0.750 bits per heavy atom. The Hall–Kier alpha value is -2.34. The van der Waals surface area contributed by atoms with E-state index in [2.05, 4.69) is 85.8 Å². The molecule has 0 aliphatic carbocycles. The van der Waals surface area contributed by atoms with E-state index in [1.54, 1.807) is 0 Å². The average molecular weight is 260 g/mol. The summed E-state index contributed by atoms with van der Waals surface area (Å²) in [4.78, 5) is 0. The number of allylic oxidation sites excluding steroid dienone is 5. The van der Waals surface area contributed by atoms with Gasteiger partial charge >= 0.3 is 0 Å². The SMILES string of the molecule is CCC=CC=CC=C(c1ccccc1)c1ccccc1. The molecule has 0 bridgehead atoms. The zero-order valence-corrected chi connectivity index (χ0v) is 11.9. The Morgan fingerprint density at radius 3 is 1.80 bits per heavy atom. The van der Waals surface area contributed by atoms with Gasteiger partial charge in [-0.15, -0.1) is 0 Å². The van der Waals surface area contributed by atoms with Crippen LogP contribution in [-0.4, -0.2) is 0 Å². The van der Waals surface area contributed by atoms with Crippen LogP contribution in [0.5, 0.6) is 0 Å². The van der Waals surface area contributed by atoms with Gasteiger partial charge in [-0.1, -0.05) is 98.0 Å². The van der Waals surface area contributed by atoms with Crippen molar-refractivity contribution in [2.75, 3.05) is 0 Å². The summed E-state index contributed by atoms with van der Waals surface area (Å²) >= 11 is 0. The second kappa shape index (κ2) is 7.96. The van der Waals surface area contributed by atoms with Gasteiger partial charge in [-0.25, -0.2) is 0 Å². The van der Waals surface area contributed by atoms with E-state index in [0.29, 0.717) is 0 Å². The molecule has 0 aromatic heterocycles. The first-order chi connectivity index (χ1) is 9.92. The van der Waals surface area contributed by atoms with Gasteiger partial charge < -0.3 is 0 Å². The molecule has 100 valence electrons. The fraction of sp³-hybridized carbons (Fsp3) is 0.100. The maximum atomic E-state index is 2.17. The minimum atomic E-state index is 1.07. The van der Waals surface area contributed by atoms with E-state index < -0.39 is 0 Å². The predicted molar refractivity (Wildman–Crippen MR) is 88.5 cm³/mol. The van der Waals surface area contributed by atoms with Crippen molar-refractivity contribution in [3.8, 4) is 0 Å². The van der Waals surface area contributed by atoms with Gasteiger partial charge in [0.2, 0.25) is 0 Å². The summed E-state index contributed by atoms with van der Waals surface area (Å²) in [7, 11) is 0. The Bertz CT molecular complexity index is 545. The molecule has 0 saturated heterocycles. The molecule has 0 aliphatic heterocycles. The standard InChI is InChI=1S/C20H20/c1-2-3-4-5-12-17-20(18-13-8-6-9-14-18)19-15-10-7-11-16-19/h3-17H,2H2,1H3. The van der Waals surface area contributed by atoms with Gasteiger partial charge in [0, 0.05) is 0 Å². The van der Waals surface area contributed by atoms with Crippen LogP contribution in [0.3, 0.4) is 0 Å². The van der Waals surface area contributed by atoms with E-state index in [9.17, 15) is 0 Å². The molecule has 0 N–H and O–H groups in total. The molecule has 2 rings (SSSR count). The minimum Gasteiger partial charge on any atom is -0.0848 e. The number of benzene rings is 2. The number of hydrogen-bond acceptors (Lipinski definition) is 0. The van der Waals surface area contributed by atoms with Gasteiger partial charge in [0.25, 0.3) is 0 Å². The van der Waals surface area contributed by atoms with E-state index in [4.69, 9.17) is 0 Å². The normalized spacial score (nSPS) is 11.1. The van der Waals surface area contributed by atoms with Crippen molar-refractivity contribution in [1.29, 1.82) is 0 Å². The first-order valence-corrected chi connectivity index (χ1v) is 7.06. The molecular formula is C20H20. The molecule has 2 aromatic carbocycles. The smallest absolute Gasteiger partial charge is 0.0111 e. The molecule has 0 saturated carbocycles. The maximum Gasteiger partial charge on any atom is -0.0111 e. The van der Waals surface area contributed by atoms with Gasteiger partial charge in [-0.2, -0.15) is 0 Å². The van der Waals surface area contributed by atoms with Crippen LogP contribution in [0.4, 0.5) is 0 Å². The van der Waals surface area contributed by atoms with Crippen molar-refractivity contribution < 1.29 is 0 Å². The van der Waals surface area contributed by atoms with Crippen LogP contribution in [0.15, 0.2) is 91.0 Å². The molecule has 0 heterocycles. The van der Waals surface area contributed by atoms with Gasteiger partial charge in [0.05, 0.1) is 0 Å². The highest BCUT2D eigenvalue weighted by atomic mass is 14.1. The van der Waals surface area contributed by atoms with Crippen molar-refractivity contribution in [2.45, 2.75) is 13.3 Å². The summed E-state index contributed by atoms with van der Waals surface area (Å²) in [6, 6.07) is 21.0. The van der Waals surface area contributed by atoms with E-state index in [0.717, 1.165) is 6.42 Å². The first-order valence-electron chi connectivity index (χ1n) is 7.06. The van der Waals surface area contributed by atoms with E-state index in [1.165, 1.54) is 16.7 Å².